The van der Waals surface area contributed by atoms with Crippen molar-refractivity contribution < 1.29 is 5.11 Å². The van der Waals surface area contributed by atoms with Crippen LogP contribution in [0.5, 0.6) is 5.75 Å². The zero-order valence-corrected chi connectivity index (χ0v) is 6.80. The van der Waals surface area contributed by atoms with Gasteiger partial charge in [0.25, 0.3) is 0 Å². The van der Waals surface area contributed by atoms with Gasteiger partial charge in [0.05, 0.1) is 0 Å². The first kappa shape index (κ1) is 8.37. The summed E-state index contributed by atoms with van der Waals surface area (Å²) < 4.78 is 0. The highest BCUT2D eigenvalue weighted by molar-refractivity contribution is 6.30. The van der Waals surface area contributed by atoms with Crippen LogP contribution in [0.25, 0.3) is 0 Å². The van der Waals surface area contributed by atoms with Gasteiger partial charge in [0.1, 0.15) is 5.75 Å². The average molecular weight is 172 g/mol. The van der Waals surface area contributed by atoms with Gasteiger partial charge in [-0.3, -0.25) is 0 Å². The highest BCUT2D eigenvalue weighted by Crippen LogP contribution is 2.19. The first-order valence-electron chi connectivity index (χ1n) is 3.41. The Labute approximate surface area is 70.6 Å². The molecule has 1 aromatic rings. The molecule has 0 unspecified atom stereocenters. The van der Waals surface area contributed by atoms with Crippen LogP contribution in [0.4, 0.5) is 0 Å². The van der Waals surface area contributed by atoms with E-state index in [2.05, 4.69) is 0 Å². The van der Waals surface area contributed by atoms with Crippen LogP contribution in [0.2, 0.25) is 5.02 Å². The van der Waals surface area contributed by atoms with E-state index in [0.717, 1.165) is 12.0 Å². The second kappa shape index (κ2) is 3.60. The van der Waals surface area contributed by atoms with Gasteiger partial charge in [-0.2, -0.15) is 0 Å². The van der Waals surface area contributed by atoms with E-state index in [4.69, 9.17) is 22.4 Å². The first-order valence-corrected chi connectivity index (χ1v) is 3.78. The van der Waals surface area contributed by atoms with Crippen molar-refractivity contribution in [2.75, 3.05) is 6.54 Å². The number of phenolic OH excluding ortho intramolecular Hbond substituents is 1. The molecule has 1 aromatic carbocycles. The number of aromatic hydroxyl groups is 1. The summed E-state index contributed by atoms with van der Waals surface area (Å²) in [5, 5.41) is 9.64. The Balaban J connectivity index is 2.89. The second-order valence-corrected chi connectivity index (χ2v) is 2.79. The van der Waals surface area contributed by atoms with Crippen LogP contribution in [-0.4, -0.2) is 11.7 Å². The van der Waals surface area contributed by atoms with Crippen molar-refractivity contribution in [3.63, 3.8) is 0 Å². The average Bonchev–Trinajstić information content (AvgIpc) is 1.85. The van der Waals surface area contributed by atoms with Gasteiger partial charge < -0.3 is 10.8 Å². The van der Waals surface area contributed by atoms with Crippen molar-refractivity contribution in [3.05, 3.63) is 28.8 Å². The predicted molar refractivity (Wildman–Crippen MR) is 45.9 cm³/mol. The number of hydrogen-bond donors (Lipinski definition) is 2. The van der Waals surface area contributed by atoms with E-state index in [0.29, 0.717) is 11.6 Å². The molecule has 3 N–H and O–H groups in total. The molecule has 0 saturated carbocycles. The summed E-state index contributed by atoms with van der Waals surface area (Å²) >= 11 is 5.69. The zero-order valence-electron chi connectivity index (χ0n) is 6.05. The third-order valence-electron chi connectivity index (χ3n) is 1.38. The molecular formula is C8H10ClNO. The highest BCUT2D eigenvalue weighted by atomic mass is 35.5. The molecule has 0 atom stereocenters. The Morgan fingerprint density at radius 2 is 2.09 bits per heavy atom. The van der Waals surface area contributed by atoms with Gasteiger partial charge in [-0.1, -0.05) is 11.6 Å². The minimum Gasteiger partial charge on any atom is -0.508 e. The molecule has 0 aliphatic rings. The third-order valence-corrected chi connectivity index (χ3v) is 1.59. The van der Waals surface area contributed by atoms with Gasteiger partial charge in [0, 0.05) is 5.02 Å². The van der Waals surface area contributed by atoms with E-state index in [9.17, 15) is 0 Å². The maximum Gasteiger partial charge on any atom is 0.117 e. The number of phenols is 1. The second-order valence-electron chi connectivity index (χ2n) is 2.36. The van der Waals surface area contributed by atoms with E-state index in [1.807, 2.05) is 0 Å². The first-order chi connectivity index (χ1) is 5.22. The predicted octanol–water partition coefficient (Wildman–Crippen LogP) is 1.55. The van der Waals surface area contributed by atoms with Crippen molar-refractivity contribution in [2.45, 2.75) is 6.42 Å². The number of hydrogen-bond acceptors (Lipinski definition) is 2. The summed E-state index contributed by atoms with van der Waals surface area (Å²) in [6, 6.07) is 4.97. The largest absolute Gasteiger partial charge is 0.508 e. The quantitative estimate of drug-likeness (QED) is 0.709. The molecule has 0 aliphatic carbocycles. The normalized spacial score (nSPS) is 10.0. The molecule has 60 valence electrons. The maximum atomic E-state index is 9.10. The molecule has 0 amide bonds. The topological polar surface area (TPSA) is 46.2 Å². The van der Waals surface area contributed by atoms with Gasteiger partial charge in [0.15, 0.2) is 0 Å². The van der Waals surface area contributed by atoms with Crippen molar-refractivity contribution in [1.82, 2.24) is 0 Å². The molecule has 0 aliphatic heterocycles. The fourth-order valence-corrected chi connectivity index (χ4v) is 1.20. The summed E-state index contributed by atoms with van der Waals surface area (Å²) in [6.07, 6.45) is 0.744. The summed E-state index contributed by atoms with van der Waals surface area (Å²) in [5.41, 5.74) is 6.31. The summed E-state index contributed by atoms with van der Waals surface area (Å²) in [6.45, 7) is 0.569. The minimum atomic E-state index is 0.195. The van der Waals surface area contributed by atoms with E-state index >= 15 is 0 Å². The maximum absolute atomic E-state index is 9.10. The smallest absolute Gasteiger partial charge is 0.117 e. The van der Waals surface area contributed by atoms with Gasteiger partial charge in [0.2, 0.25) is 0 Å². The Morgan fingerprint density at radius 3 is 2.64 bits per heavy atom. The molecule has 0 spiro atoms. The van der Waals surface area contributed by atoms with E-state index in [-0.39, 0.29) is 5.75 Å². The van der Waals surface area contributed by atoms with Crippen LogP contribution in [0, 0.1) is 0 Å². The molecule has 11 heavy (non-hydrogen) atoms. The Kier molecular flexibility index (Phi) is 2.74. The van der Waals surface area contributed by atoms with E-state index < -0.39 is 0 Å². The SMILES string of the molecule is NCCc1cc(O)cc(Cl)c1. The number of halogens is 1. The van der Waals surface area contributed by atoms with Crippen LogP contribution in [0.3, 0.4) is 0 Å². The lowest BCUT2D eigenvalue weighted by molar-refractivity contribution is 0.474. The highest BCUT2D eigenvalue weighted by Gasteiger charge is 1.96. The van der Waals surface area contributed by atoms with Gasteiger partial charge in [-0.15, -0.1) is 0 Å². The molecule has 2 nitrogen and oxygen atoms in total. The molecule has 0 heterocycles. The molecular weight excluding hydrogens is 162 g/mol. The lowest BCUT2D eigenvalue weighted by Gasteiger charge is -2.00. The number of rotatable bonds is 2. The molecule has 0 radical (unpaired) electrons. The fourth-order valence-electron chi connectivity index (χ4n) is 0.944. The summed E-state index contributed by atoms with van der Waals surface area (Å²) in [7, 11) is 0. The molecule has 1 rings (SSSR count). The zero-order chi connectivity index (χ0) is 8.27. The van der Waals surface area contributed by atoms with Crippen molar-refractivity contribution in [3.8, 4) is 5.75 Å². The minimum absolute atomic E-state index is 0.195. The molecule has 0 bridgehead atoms. The van der Waals surface area contributed by atoms with Crippen LogP contribution < -0.4 is 5.73 Å². The fraction of sp³-hybridized carbons (Fsp3) is 0.250. The Hall–Kier alpha value is -0.730. The van der Waals surface area contributed by atoms with Gasteiger partial charge in [-0.25, -0.2) is 0 Å². The number of benzene rings is 1. The van der Waals surface area contributed by atoms with E-state index in [1.165, 1.54) is 6.07 Å². The Bertz CT molecular complexity index is 230. The Morgan fingerprint density at radius 1 is 1.36 bits per heavy atom. The number of nitrogens with two attached hydrogens (primary N) is 1. The lowest BCUT2D eigenvalue weighted by Crippen LogP contribution is -2.02. The molecule has 0 saturated heterocycles. The van der Waals surface area contributed by atoms with Crippen molar-refractivity contribution in [1.29, 1.82) is 0 Å². The van der Waals surface area contributed by atoms with Crippen LogP contribution in [-0.2, 0) is 6.42 Å². The van der Waals surface area contributed by atoms with Crippen LogP contribution in [0.1, 0.15) is 5.56 Å². The van der Waals surface area contributed by atoms with Gasteiger partial charge in [-0.05, 0) is 36.7 Å². The molecule has 0 aromatic heterocycles. The monoisotopic (exact) mass is 171 g/mol. The van der Waals surface area contributed by atoms with Crippen LogP contribution >= 0.6 is 11.6 Å². The van der Waals surface area contributed by atoms with Gasteiger partial charge >= 0.3 is 0 Å². The van der Waals surface area contributed by atoms with E-state index in [1.54, 1.807) is 12.1 Å². The third kappa shape index (κ3) is 2.41. The molecule has 3 heteroatoms. The van der Waals surface area contributed by atoms with Crippen molar-refractivity contribution in [2.24, 2.45) is 5.73 Å². The van der Waals surface area contributed by atoms with Crippen LogP contribution in [0.15, 0.2) is 18.2 Å². The molecule has 0 fully saturated rings. The van der Waals surface area contributed by atoms with Crippen molar-refractivity contribution >= 4 is 11.6 Å². The lowest BCUT2D eigenvalue weighted by atomic mass is 10.1. The standard InChI is InChI=1S/C8H10ClNO/c9-7-3-6(1-2-10)4-8(11)5-7/h3-5,11H,1-2,10H2. The summed E-state index contributed by atoms with van der Waals surface area (Å²) in [5.74, 6) is 0.195. The summed E-state index contributed by atoms with van der Waals surface area (Å²) in [4.78, 5) is 0.